The Morgan fingerprint density at radius 3 is 2.23 bits per heavy atom. The van der Waals surface area contributed by atoms with Crippen LogP contribution in [-0.4, -0.2) is 87.2 Å². The second-order valence-corrected chi connectivity index (χ2v) is 14.0. The van der Waals surface area contributed by atoms with Crippen LogP contribution in [0.2, 0.25) is 0 Å². The standard InChI is InChI=1S/C39H51NO12/c1-10-33(41)50-24-39(5,6)35(43)36(44)40-19-12-11-16-28(40)37(45)51-29(18-17-26-21-31(47-8)32(48-9)22-30(26)46-7)25-14-13-15-27(20-25)49-23-34(42)52-38(2,3)4/h10,13-15,20-22,28-29H,1,11-12,16-19,23-24H2,2-9H3/t28-,29+/m0/s1. The van der Waals surface area contributed by atoms with Crippen LogP contribution >= 0.6 is 0 Å². The number of hydrogen-bond acceptors (Lipinski definition) is 12. The molecule has 0 N–H and O–H groups in total. The van der Waals surface area contributed by atoms with Gasteiger partial charge in [0.15, 0.2) is 18.1 Å². The lowest BCUT2D eigenvalue weighted by molar-refractivity contribution is -0.165. The minimum atomic E-state index is -1.34. The molecule has 0 radical (unpaired) electrons. The van der Waals surface area contributed by atoms with Crippen molar-refractivity contribution >= 4 is 29.6 Å². The lowest BCUT2D eigenvalue weighted by Crippen LogP contribution is -2.53. The molecule has 2 aromatic rings. The Morgan fingerprint density at radius 2 is 1.60 bits per heavy atom. The summed E-state index contributed by atoms with van der Waals surface area (Å²) >= 11 is 0. The largest absolute Gasteiger partial charge is 0.496 e. The minimum Gasteiger partial charge on any atom is -0.496 e. The average Bonchev–Trinajstić information content (AvgIpc) is 3.12. The molecule has 3 rings (SSSR count). The van der Waals surface area contributed by atoms with Crippen molar-refractivity contribution in [3.05, 3.63) is 60.2 Å². The fraction of sp³-hybridized carbons (Fsp3) is 0.513. The fourth-order valence-electron chi connectivity index (χ4n) is 5.62. The predicted octanol–water partition coefficient (Wildman–Crippen LogP) is 5.36. The minimum absolute atomic E-state index is 0.175. The van der Waals surface area contributed by atoms with Crippen LogP contribution in [0, 0.1) is 5.41 Å². The van der Waals surface area contributed by atoms with Crippen LogP contribution in [0.25, 0.3) is 0 Å². The first-order chi connectivity index (χ1) is 24.5. The van der Waals surface area contributed by atoms with Gasteiger partial charge in [-0.3, -0.25) is 9.59 Å². The number of methoxy groups -OCH3 is 3. The normalized spacial score (nSPS) is 15.1. The Balaban J connectivity index is 1.91. The third-order valence-corrected chi connectivity index (χ3v) is 8.31. The molecule has 52 heavy (non-hydrogen) atoms. The van der Waals surface area contributed by atoms with Gasteiger partial charge in [-0.25, -0.2) is 14.4 Å². The molecule has 0 aromatic heterocycles. The summed E-state index contributed by atoms with van der Waals surface area (Å²) in [6.07, 6.45) is 2.29. The molecule has 1 aliphatic rings. The quantitative estimate of drug-likeness (QED) is 0.0894. The second kappa shape index (κ2) is 18.4. The number of rotatable bonds is 17. The lowest BCUT2D eigenvalue weighted by Gasteiger charge is -2.36. The summed E-state index contributed by atoms with van der Waals surface area (Å²) in [7, 11) is 4.59. The van der Waals surface area contributed by atoms with Gasteiger partial charge in [-0.1, -0.05) is 18.7 Å². The van der Waals surface area contributed by atoms with Crippen molar-refractivity contribution in [2.75, 3.05) is 41.1 Å². The van der Waals surface area contributed by atoms with E-state index in [1.165, 1.54) is 40.1 Å². The van der Waals surface area contributed by atoms with Gasteiger partial charge in [0.2, 0.25) is 5.78 Å². The fourth-order valence-corrected chi connectivity index (χ4v) is 5.62. The Labute approximate surface area is 305 Å². The van der Waals surface area contributed by atoms with Crippen LogP contribution in [0.1, 0.15) is 77.5 Å². The Bertz CT molecular complexity index is 1610. The zero-order valence-corrected chi connectivity index (χ0v) is 31.4. The SMILES string of the molecule is C=CC(=O)OCC(C)(C)C(=O)C(=O)N1CCCC[C@H]1C(=O)O[C@H](CCc1cc(OC)c(OC)cc1OC)c1cccc(OCC(=O)OC(C)(C)C)c1. The van der Waals surface area contributed by atoms with Crippen molar-refractivity contribution in [1.29, 1.82) is 0 Å². The van der Waals surface area contributed by atoms with Crippen molar-refractivity contribution in [1.82, 2.24) is 4.90 Å². The van der Waals surface area contributed by atoms with Crippen LogP contribution in [-0.2, 0) is 44.6 Å². The summed E-state index contributed by atoms with van der Waals surface area (Å²) in [5, 5.41) is 0. The number of piperidine rings is 1. The third-order valence-electron chi connectivity index (χ3n) is 8.31. The van der Waals surface area contributed by atoms with Crippen molar-refractivity contribution in [2.24, 2.45) is 5.41 Å². The molecule has 0 aliphatic carbocycles. The Kier molecular flexibility index (Phi) is 14.7. The van der Waals surface area contributed by atoms with Crippen molar-refractivity contribution in [3.8, 4) is 23.0 Å². The van der Waals surface area contributed by atoms with E-state index in [9.17, 15) is 24.0 Å². The van der Waals surface area contributed by atoms with Gasteiger partial charge in [0, 0.05) is 18.7 Å². The van der Waals surface area contributed by atoms with E-state index in [2.05, 4.69) is 6.58 Å². The molecular formula is C39H51NO12. The molecule has 0 bridgehead atoms. The van der Waals surface area contributed by atoms with E-state index >= 15 is 0 Å². The summed E-state index contributed by atoms with van der Waals surface area (Å²) in [6, 6.07) is 9.31. The number of nitrogens with zero attached hydrogens (tertiary/aromatic N) is 1. The number of Topliss-reactive ketones (excluding diaryl/α,β-unsaturated/α-hetero) is 1. The number of carbonyl (C=O) groups excluding carboxylic acids is 5. The number of carbonyl (C=O) groups is 5. The number of hydrogen-bond donors (Lipinski definition) is 0. The number of aryl methyl sites for hydroxylation is 1. The Hall–Kier alpha value is -5.07. The summed E-state index contributed by atoms with van der Waals surface area (Å²) in [5.41, 5.74) is -0.690. The number of esters is 3. The smallest absolute Gasteiger partial charge is 0.344 e. The summed E-state index contributed by atoms with van der Waals surface area (Å²) < 4.78 is 38.9. The molecule has 13 nitrogen and oxygen atoms in total. The maximum Gasteiger partial charge on any atom is 0.344 e. The first-order valence-electron chi connectivity index (χ1n) is 17.1. The molecule has 2 aromatic carbocycles. The van der Waals surface area contributed by atoms with E-state index in [0.717, 1.165) is 11.6 Å². The highest BCUT2D eigenvalue weighted by Gasteiger charge is 2.42. The van der Waals surface area contributed by atoms with Crippen LogP contribution in [0.15, 0.2) is 49.1 Å². The summed E-state index contributed by atoms with van der Waals surface area (Å²) in [5.74, 6) is -1.72. The van der Waals surface area contributed by atoms with Crippen molar-refractivity contribution in [2.45, 2.75) is 84.5 Å². The number of benzene rings is 2. The van der Waals surface area contributed by atoms with Gasteiger partial charge in [-0.15, -0.1) is 0 Å². The van der Waals surface area contributed by atoms with Gasteiger partial charge in [0.25, 0.3) is 5.91 Å². The predicted molar refractivity (Wildman–Crippen MR) is 190 cm³/mol. The molecule has 2 atom stereocenters. The van der Waals surface area contributed by atoms with Crippen LogP contribution in [0.4, 0.5) is 0 Å². The van der Waals surface area contributed by atoms with Crippen molar-refractivity contribution < 1.29 is 57.1 Å². The van der Waals surface area contributed by atoms with Gasteiger partial charge in [-0.2, -0.15) is 0 Å². The van der Waals surface area contributed by atoms with Gasteiger partial charge >= 0.3 is 17.9 Å². The second-order valence-electron chi connectivity index (χ2n) is 14.0. The first kappa shape index (κ1) is 41.4. The highest BCUT2D eigenvalue weighted by Crippen LogP contribution is 2.37. The highest BCUT2D eigenvalue weighted by molar-refractivity contribution is 6.38. The van der Waals surface area contributed by atoms with Gasteiger partial charge < -0.3 is 38.1 Å². The molecule has 1 saturated heterocycles. The number of amides is 1. The summed E-state index contributed by atoms with van der Waals surface area (Å²) in [6.45, 7) is 11.1. The molecular weight excluding hydrogens is 674 g/mol. The third kappa shape index (κ3) is 11.5. The summed E-state index contributed by atoms with van der Waals surface area (Å²) in [4.78, 5) is 66.2. The van der Waals surface area contributed by atoms with E-state index in [-0.39, 0.29) is 26.2 Å². The number of ketones is 1. The maximum atomic E-state index is 14.0. The van der Waals surface area contributed by atoms with E-state index in [4.69, 9.17) is 33.2 Å². The molecule has 0 saturated carbocycles. The van der Waals surface area contributed by atoms with E-state index in [0.29, 0.717) is 54.2 Å². The monoisotopic (exact) mass is 725 g/mol. The molecule has 1 heterocycles. The van der Waals surface area contributed by atoms with Gasteiger partial charge in [-0.05, 0) is 96.0 Å². The molecule has 0 spiro atoms. The van der Waals surface area contributed by atoms with Crippen LogP contribution in [0.3, 0.4) is 0 Å². The highest BCUT2D eigenvalue weighted by atomic mass is 16.6. The zero-order valence-electron chi connectivity index (χ0n) is 31.4. The lowest BCUT2D eigenvalue weighted by atomic mass is 9.87. The van der Waals surface area contributed by atoms with Crippen LogP contribution in [0.5, 0.6) is 23.0 Å². The number of ether oxygens (including phenoxy) is 7. The van der Waals surface area contributed by atoms with Crippen molar-refractivity contribution in [3.63, 3.8) is 0 Å². The topological polar surface area (TPSA) is 153 Å². The van der Waals surface area contributed by atoms with E-state index in [1.54, 1.807) is 57.2 Å². The van der Waals surface area contributed by atoms with Gasteiger partial charge in [0.05, 0.1) is 26.7 Å². The van der Waals surface area contributed by atoms with Gasteiger partial charge in [0.1, 0.15) is 35.9 Å². The molecule has 1 aliphatic heterocycles. The Morgan fingerprint density at radius 1 is 0.923 bits per heavy atom. The molecule has 0 unspecified atom stereocenters. The maximum absolute atomic E-state index is 14.0. The zero-order chi connectivity index (χ0) is 38.6. The number of likely N-dealkylation sites (tertiary alicyclic amines) is 1. The molecule has 1 fully saturated rings. The molecule has 13 heteroatoms. The molecule has 1 amide bonds. The van der Waals surface area contributed by atoms with E-state index in [1.807, 2.05) is 0 Å². The average molecular weight is 726 g/mol. The van der Waals surface area contributed by atoms with Crippen LogP contribution < -0.4 is 18.9 Å². The molecule has 284 valence electrons. The first-order valence-corrected chi connectivity index (χ1v) is 17.1. The van der Waals surface area contributed by atoms with E-state index < -0.39 is 52.8 Å².